The van der Waals surface area contributed by atoms with Gasteiger partial charge in [-0.05, 0) is 32.7 Å². The molecule has 0 aromatic carbocycles. The highest BCUT2D eigenvalue weighted by atomic mass is 16.5. The second-order valence-electron chi connectivity index (χ2n) is 3.96. The second kappa shape index (κ2) is 17.3. The van der Waals surface area contributed by atoms with Crippen LogP contribution in [0.4, 0.5) is 0 Å². The second-order valence-corrected chi connectivity index (χ2v) is 3.96. The highest BCUT2D eigenvalue weighted by Crippen LogP contribution is 2.16. The Labute approximate surface area is 135 Å². The first-order valence-corrected chi connectivity index (χ1v) is 7.51. The molecule has 0 aliphatic rings. The molecule has 0 spiro atoms. The van der Waals surface area contributed by atoms with E-state index in [4.69, 9.17) is 14.6 Å². The van der Waals surface area contributed by atoms with Crippen LogP contribution in [0.25, 0.3) is 0 Å². The van der Waals surface area contributed by atoms with E-state index >= 15 is 0 Å². The van der Waals surface area contributed by atoms with Gasteiger partial charge in [0.05, 0.1) is 7.11 Å². The Hall–Kier alpha value is -1.75. The fourth-order valence-corrected chi connectivity index (χ4v) is 1.11. The molecule has 0 radical (unpaired) electrons. The van der Waals surface area contributed by atoms with Crippen molar-refractivity contribution in [2.45, 2.75) is 34.6 Å². The zero-order chi connectivity index (χ0) is 18.1. The molecule has 0 saturated carbocycles. The van der Waals surface area contributed by atoms with Gasteiger partial charge >= 0.3 is 5.97 Å². The molecule has 0 aliphatic carbocycles. The average Bonchev–Trinajstić information content (AvgIpc) is 2.52. The number of methoxy groups -OCH3 is 1. The smallest absolute Gasteiger partial charge is 0.328 e. The van der Waals surface area contributed by atoms with E-state index in [0.29, 0.717) is 23.7 Å². The van der Waals surface area contributed by atoms with Gasteiger partial charge in [0.1, 0.15) is 6.61 Å². The molecular formula is C17H33NO4. The largest absolute Gasteiger partial charge is 0.493 e. The SMILES string of the molecule is C=C(OC)/C(OCCN(C)C)=C(C)/C=C/C(=O)O.CC.CC. The van der Waals surface area contributed by atoms with E-state index in [1.807, 2.05) is 46.7 Å². The monoisotopic (exact) mass is 315 g/mol. The van der Waals surface area contributed by atoms with E-state index in [0.717, 1.165) is 12.6 Å². The normalized spacial score (nSPS) is 10.8. The number of carboxylic acids is 1. The number of hydrogen-bond acceptors (Lipinski definition) is 4. The molecule has 0 rings (SSSR count). The molecule has 22 heavy (non-hydrogen) atoms. The minimum absolute atomic E-state index is 0.376. The molecule has 0 saturated heterocycles. The molecule has 0 fully saturated rings. The van der Waals surface area contributed by atoms with Gasteiger partial charge < -0.3 is 19.5 Å². The molecule has 0 aliphatic heterocycles. The first-order chi connectivity index (χ1) is 10.4. The summed E-state index contributed by atoms with van der Waals surface area (Å²) in [5, 5.41) is 8.58. The van der Waals surface area contributed by atoms with E-state index in [9.17, 15) is 4.79 Å². The number of allylic oxidation sites excluding steroid dienone is 2. The van der Waals surface area contributed by atoms with Crippen molar-refractivity contribution in [2.75, 3.05) is 34.4 Å². The predicted octanol–water partition coefficient (Wildman–Crippen LogP) is 3.69. The Morgan fingerprint density at radius 3 is 2.05 bits per heavy atom. The third-order valence-electron chi connectivity index (χ3n) is 2.12. The minimum atomic E-state index is -1.01. The van der Waals surface area contributed by atoms with Crippen LogP contribution in [0.5, 0.6) is 0 Å². The van der Waals surface area contributed by atoms with Crippen LogP contribution in [0.3, 0.4) is 0 Å². The lowest BCUT2D eigenvalue weighted by Gasteiger charge is -2.16. The topological polar surface area (TPSA) is 59.0 Å². The Bertz CT molecular complexity index is 358. The first-order valence-electron chi connectivity index (χ1n) is 7.51. The number of nitrogens with zero attached hydrogens (tertiary/aromatic N) is 1. The summed E-state index contributed by atoms with van der Waals surface area (Å²) in [7, 11) is 5.37. The van der Waals surface area contributed by atoms with Crippen LogP contribution >= 0.6 is 0 Å². The zero-order valence-electron chi connectivity index (χ0n) is 15.4. The lowest BCUT2D eigenvalue weighted by molar-refractivity contribution is -0.131. The van der Waals surface area contributed by atoms with Crippen molar-refractivity contribution in [1.82, 2.24) is 4.90 Å². The predicted molar refractivity (Wildman–Crippen MR) is 92.8 cm³/mol. The molecule has 0 heterocycles. The molecule has 0 unspecified atom stereocenters. The minimum Gasteiger partial charge on any atom is -0.493 e. The summed E-state index contributed by atoms with van der Waals surface area (Å²) in [5.74, 6) is -0.164. The number of carbonyl (C=O) groups is 1. The first kappa shape index (κ1) is 25.2. The maximum atomic E-state index is 10.5. The number of likely N-dealkylation sites (N-methyl/N-ethyl adjacent to an activating group) is 1. The maximum Gasteiger partial charge on any atom is 0.328 e. The molecule has 130 valence electrons. The van der Waals surface area contributed by atoms with Crippen molar-refractivity contribution >= 4 is 5.97 Å². The van der Waals surface area contributed by atoms with Gasteiger partial charge in [0.15, 0.2) is 11.5 Å². The molecule has 5 heteroatoms. The quantitative estimate of drug-likeness (QED) is 0.420. The maximum absolute atomic E-state index is 10.5. The van der Waals surface area contributed by atoms with Gasteiger partial charge in [-0.2, -0.15) is 0 Å². The molecule has 0 atom stereocenters. The standard InChI is InChI=1S/C13H21NO4.2C2H6/c1-10(6-7-12(15)16)13(11(2)17-5)18-9-8-14(3)4;2*1-2/h6-7H,2,8-9H2,1,3-5H3,(H,15,16);2*1-2H3/b7-6+,13-10-;;. The van der Waals surface area contributed by atoms with Crippen molar-refractivity contribution in [1.29, 1.82) is 0 Å². The van der Waals surface area contributed by atoms with Crippen LogP contribution in [0.1, 0.15) is 34.6 Å². The van der Waals surface area contributed by atoms with Gasteiger partial charge in [0, 0.05) is 12.6 Å². The van der Waals surface area contributed by atoms with E-state index in [1.54, 1.807) is 6.92 Å². The number of rotatable bonds is 8. The molecular weight excluding hydrogens is 282 g/mol. The van der Waals surface area contributed by atoms with Gasteiger partial charge in [0.2, 0.25) is 0 Å². The van der Waals surface area contributed by atoms with Crippen molar-refractivity contribution in [3.8, 4) is 0 Å². The third kappa shape index (κ3) is 14.7. The average molecular weight is 315 g/mol. The highest BCUT2D eigenvalue weighted by Gasteiger charge is 2.08. The Morgan fingerprint density at radius 1 is 1.18 bits per heavy atom. The van der Waals surface area contributed by atoms with Crippen LogP contribution in [0, 0.1) is 0 Å². The Morgan fingerprint density at radius 2 is 1.68 bits per heavy atom. The Kier molecular flexibility index (Phi) is 19.8. The van der Waals surface area contributed by atoms with E-state index in [-0.39, 0.29) is 0 Å². The van der Waals surface area contributed by atoms with Crippen molar-refractivity contribution in [2.24, 2.45) is 0 Å². The molecule has 0 amide bonds. The number of aliphatic carboxylic acids is 1. The van der Waals surface area contributed by atoms with Crippen LogP contribution in [0.2, 0.25) is 0 Å². The van der Waals surface area contributed by atoms with Gasteiger partial charge in [-0.15, -0.1) is 0 Å². The summed E-state index contributed by atoms with van der Waals surface area (Å²) in [6.07, 6.45) is 2.51. The van der Waals surface area contributed by atoms with Crippen LogP contribution in [-0.2, 0) is 14.3 Å². The fraction of sp³-hybridized carbons (Fsp3) is 0.588. The summed E-state index contributed by atoms with van der Waals surface area (Å²) in [5.41, 5.74) is 0.656. The lowest BCUT2D eigenvalue weighted by Crippen LogP contribution is -2.18. The number of carboxylic acid groups (broad SMARTS) is 1. The van der Waals surface area contributed by atoms with Gasteiger partial charge in [0.25, 0.3) is 0 Å². The van der Waals surface area contributed by atoms with Crippen molar-refractivity contribution in [3.63, 3.8) is 0 Å². The summed E-state index contributed by atoms with van der Waals surface area (Å²) < 4.78 is 10.6. The van der Waals surface area contributed by atoms with Crippen molar-refractivity contribution in [3.05, 3.63) is 35.8 Å². The summed E-state index contributed by atoms with van der Waals surface area (Å²) in [4.78, 5) is 12.4. The molecule has 0 bridgehead atoms. The van der Waals surface area contributed by atoms with Gasteiger partial charge in [-0.1, -0.05) is 34.3 Å². The molecule has 5 nitrogen and oxygen atoms in total. The highest BCUT2D eigenvalue weighted by molar-refractivity contribution is 5.80. The molecule has 0 aromatic rings. The Balaban J connectivity index is -0.000000826. The molecule has 1 N–H and O–H groups in total. The number of hydrogen-bond donors (Lipinski definition) is 1. The third-order valence-corrected chi connectivity index (χ3v) is 2.12. The van der Waals surface area contributed by atoms with Crippen LogP contribution < -0.4 is 0 Å². The summed E-state index contributed by atoms with van der Waals surface area (Å²) in [6.45, 7) is 14.7. The number of ether oxygens (including phenoxy) is 2. The van der Waals surface area contributed by atoms with Crippen LogP contribution in [0.15, 0.2) is 35.8 Å². The van der Waals surface area contributed by atoms with Gasteiger partial charge in [-0.25, -0.2) is 4.79 Å². The summed E-state index contributed by atoms with van der Waals surface area (Å²) in [6, 6.07) is 0. The fourth-order valence-electron chi connectivity index (χ4n) is 1.11. The van der Waals surface area contributed by atoms with E-state index < -0.39 is 5.97 Å². The van der Waals surface area contributed by atoms with Gasteiger partial charge in [-0.3, -0.25) is 0 Å². The van der Waals surface area contributed by atoms with Crippen molar-refractivity contribution < 1.29 is 19.4 Å². The van der Waals surface area contributed by atoms with Crippen LogP contribution in [-0.4, -0.2) is 50.3 Å². The summed E-state index contributed by atoms with van der Waals surface area (Å²) >= 11 is 0. The lowest BCUT2D eigenvalue weighted by atomic mass is 10.2. The molecule has 0 aromatic heterocycles. The van der Waals surface area contributed by atoms with E-state index in [2.05, 4.69) is 6.58 Å². The van der Waals surface area contributed by atoms with E-state index in [1.165, 1.54) is 13.2 Å². The zero-order valence-corrected chi connectivity index (χ0v) is 15.4.